The molecule has 0 radical (unpaired) electrons. The molecule has 0 aliphatic carbocycles. The van der Waals surface area contributed by atoms with Crippen LogP contribution in [0.4, 0.5) is 5.69 Å². The first-order valence-electron chi connectivity index (χ1n) is 10.2. The van der Waals surface area contributed by atoms with Crippen LogP contribution in [0, 0.1) is 5.41 Å². The number of fused-ring (bicyclic) bond motifs is 2. The van der Waals surface area contributed by atoms with Gasteiger partial charge in [-0.05, 0) is 39.9 Å². The van der Waals surface area contributed by atoms with Crippen LogP contribution in [0.2, 0.25) is 0 Å². The van der Waals surface area contributed by atoms with E-state index in [0.29, 0.717) is 17.6 Å². The fourth-order valence-corrected chi connectivity index (χ4v) is 3.88. The lowest BCUT2D eigenvalue weighted by Crippen LogP contribution is -2.26. The van der Waals surface area contributed by atoms with Crippen molar-refractivity contribution in [3.8, 4) is 0 Å². The number of amides is 1. The largest absolute Gasteiger partial charge is 0.325 e. The molecule has 0 saturated carbocycles. The van der Waals surface area contributed by atoms with Gasteiger partial charge in [0.2, 0.25) is 5.91 Å². The van der Waals surface area contributed by atoms with E-state index in [1.165, 1.54) is 0 Å². The smallest absolute Gasteiger partial charge is 0.258 e. The maximum absolute atomic E-state index is 12.9. The van der Waals surface area contributed by atoms with E-state index in [-0.39, 0.29) is 23.3 Å². The zero-order chi connectivity index (χ0) is 21.3. The van der Waals surface area contributed by atoms with E-state index >= 15 is 0 Å². The van der Waals surface area contributed by atoms with Gasteiger partial charge in [-0.1, -0.05) is 69.3 Å². The summed E-state index contributed by atoms with van der Waals surface area (Å²) < 4.78 is 1.74. The molecule has 1 heterocycles. The topological polar surface area (TPSA) is 51.1 Å². The van der Waals surface area contributed by atoms with Gasteiger partial charge in [0.1, 0.15) is 0 Å². The number of rotatable bonds is 4. The third-order valence-electron chi connectivity index (χ3n) is 5.17. The third kappa shape index (κ3) is 4.13. The predicted octanol–water partition coefficient (Wildman–Crippen LogP) is 5.38. The SMILES string of the molecule is CC(C)(C)Cn1ccc2c(NC(=O)Cc3cccc4ccccc34)cccc2c1=O. The first-order chi connectivity index (χ1) is 14.3. The number of aromatic nitrogens is 1. The van der Waals surface area contributed by atoms with Gasteiger partial charge < -0.3 is 9.88 Å². The van der Waals surface area contributed by atoms with Gasteiger partial charge >= 0.3 is 0 Å². The molecule has 152 valence electrons. The molecular formula is C26H26N2O2. The van der Waals surface area contributed by atoms with E-state index < -0.39 is 0 Å². The van der Waals surface area contributed by atoms with Crippen LogP contribution < -0.4 is 10.9 Å². The van der Waals surface area contributed by atoms with Crippen molar-refractivity contribution in [2.24, 2.45) is 5.41 Å². The molecule has 1 N–H and O–H groups in total. The molecule has 4 heteroatoms. The summed E-state index contributed by atoms with van der Waals surface area (Å²) in [5.41, 5.74) is 1.62. The molecule has 3 aromatic carbocycles. The van der Waals surface area contributed by atoms with Gasteiger partial charge in [-0.3, -0.25) is 9.59 Å². The van der Waals surface area contributed by atoms with Crippen molar-refractivity contribution < 1.29 is 4.79 Å². The second kappa shape index (κ2) is 7.79. The third-order valence-corrected chi connectivity index (χ3v) is 5.17. The summed E-state index contributed by atoms with van der Waals surface area (Å²) in [6.45, 7) is 6.95. The lowest BCUT2D eigenvalue weighted by molar-refractivity contribution is -0.115. The van der Waals surface area contributed by atoms with Crippen LogP contribution in [0.5, 0.6) is 0 Å². The van der Waals surface area contributed by atoms with Gasteiger partial charge in [0.05, 0.1) is 6.42 Å². The standard InChI is InChI=1S/C26H26N2O2/c1-26(2,3)17-28-15-14-21-22(25(28)30)12-7-13-23(21)27-24(29)16-19-10-6-9-18-8-4-5-11-20(18)19/h4-15H,16-17H2,1-3H3,(H,27,29). The number of hydrogen-bond donors (Lipinski definition) is 1. The minimum Gasteiger partial charge on any atom is -0.325 e. The Kier molecular flexibility index (Phi) is 5.17. The summed E-state index contributed by atoms with van der Waals surface area (Å²) >= 11 is 0. The lowest BCUT2D eigenvalue weighted by Gasteiger charge is -2.20. The summed E-state index contributed by atoms with van der Waals surface area (Å²) in [5, 5.41) is 6.58. The van der Waals surface area contributed by atoms with Crippen molar-refractivity contribution in [1.82, 2.24) is 4.57 Å². The number of pyridine rings is 1. The first-order valence-corrected chi connectivity index (χ1v) is 10.2. The van der Waals surface area contributed by atoms with E-state index in [1.807, 2.05) is 72.9 Å². The van der Waals surface area contributed by atoms with Crippen molar-refractivity contribution in [3.63, 3.8) is 0 Å². The molecule has 0 bridgehead atoms. The maximum Gasteiger partial charge on any atom is 0.258 e. The monoisotopic (exact) mass is 398 g/mol. The van der Waals surface area contributed by atoms with E-state index in [1.54, 1.807) is 4.57 Å². The van der Waals surface area contributed by atoms with Crippen molar-refractivity contribution in [1.29, 1.82) is 0 Å². The van der Waals surface area contributed by atoms with Crippen LogP contribution >= 0.6 is 0 Å². The Morgan fingerprint density at radius 2 is 1.57 bits per heavy atom. The van der Waals surface area contributed by atoms with E-state index in [9.17, 15) is 9.59 Å². The molecule has 0 saturated heterocycles. The Morgan fingerprint density at radius 3 is 2.37 bits per heavy atom. The highest BCUT2D eigenvalue weighted by atomic mass is 16.1. The zero-order valence-corrected chi connectivity index (χ0v) is 17.6. The number of nitrogens with zero attached hydrogens (tertiary/aromatic N) is 1. The highest BCUT2D eigenvalue weighted by Crippen LogP contribution is 2.24. The molecule has 0 fully saturated rings. The van der Waals surface area contributed by atoms with E-state index in [0.717, 1.165) is 21.7 Å². The van der Waals surface area contributed by atoms with Crippen LogP contribution in [-0.4, -0.2) is 10.5 Å². The molecular weight excluding hydrogens is 372 g/mol. The molecule has 0 unspecified atom stereocenters. The average molecular weight is 399 g/mol. The minimum absolute atomic E-state index is 0.00177. The number of carbonyl (C=O) groups excluding carboxylic acids is 1. The molecule has 1 aromatic heterocycles. The Bertz CT molecular complexity index is 1290. The lowest BCUT2D eigenvalue weighted by atomic mass is 9.96. The fourth-order valence-electron chi connectivity index (χ4n) is 3.88. The normalized spacial score (nSPS) is 11.7. The van der Waals surface area contributed by atoms with Crippen LogP contribution in [0.3, 0.4) is 0 Å². The van der Waals surface area contributed by atoms with Gasteiger partial charge in [0.15, 0.2) is 0 Å². The molecule has 1 amide bonds. The Morgan fingerprint density at radius 1 is 0.867 bits per heavy atom. The Labute approximate surface area is 176 Å². The Balaban J connectivity index is 1.63. The van der Waals surface area contributed by atoms with Gasteiger partial charge in [0.25, 0.3) is 5.56 Å². The quantitative estimate of drug-likeness (QED) is 0.502. The molecule has 0 atom stereocenters. The van der Waals surface area contributed by atoms with Crippen LogP contribution in [0.1, 0.15) is 26.3 Å². The number of carbonyl (C=O) groups is 1. The molecule has 4 rings (SSSR count). The van der Waals surface area contributed by atoms with Crippen molar-refractivity contribution in [3.05, 3.63) is 88.8 Å². The van der Waals surface area contributed by atoms with Gasteiger partial charge in [-0.25, -0.2) is 0 Å². The molecule has 0 aliphatic rings. The predicted molar refractivity (Wildman–Crippen MR) is 124 cm³/mol. The van der Waals surface area contributed by atoms with Gasteiger partial charge in [0, 0.05) is 29.2 Å². The summed E-state index contributed by atoms with van der Waals surface area (Å²) in [5.74, 6) is -0.0993. The average Bonchev–Trinajstić information content (AvgIpc) is 2.70. The van der Waals surface area contributed by atoms with Crippen LogP contribution in [-0.2, 0) is 17.8 Å². The number of benzene rings is 3. The number of nitrogens with one attached hydrogen (secondary N) is 1. The second-order valence-electron chi connectivity index (χ2n) is 8.94. The molecule has 0 aliphatic heterocycles. The number of hydrogen-bond acceptors (Lipinski definition) is 2. The highest BCUT2D eigenvalue weighted by molar-refractivity contribution is 6.03. The fraction of sp³-hybridized carbons (Fsp3) is 0.231. The summed E-state index contributed by atoms with van der Waals surface area (Å²) in [7, 11) is 0. The maximum atomic E-state index is 12.9. The Hall–Kier alpha value is -3.40. The molecule has 30 heavy (non-hydrogen) atoms. The first kappa shape index (κ1) is 19.9. The van der Waals surface area contributed by atoms with Crippen molar-refractivity contribution in [2.75, 3.05) is 5.32 Å². The summed E-state index contributed by atoms with van der Waals surface area (Å²) in [4.78, 5) is 25.7. The zero-order valence-electron chi connectivity index (χ0n) is 17.6. The van der Waals surface area contributed by atoms with Gasteiger partial charge in [-0.2, -0.15) is 0 Å². The highest BCUT2D eigenvalue weighted by Gasteiger charge is 2.15. The van der Waals surface area contributed by atoms with Crippen molar-refractivity contribution >= 4 is 33.1 Å². The summed E-state index contributed by atoms with van der Waals surface area (Å²) in [6.07, 6.45) is 2.09. The van der Waals surface area contributed by atoms with Crippen LogP contribution in [0.15, 0.2) is 77.7 Å². The van der Waals surface area contributed by atoms with Gasteiger partial charge in [-0.15, -0.1) is 0 Å². The van der Waals surface area contributed by atoms with Crippen LogP contribution in [0.25, 0.3) is 21.5 Å². The molecule has 0 spiro atoms. The summed E-state index contributed by atoms with van der Waals surface area (Å²) in [6, 6.07) is 21.5. The minimum atomic E-state index is -0.0993. The van der Waals surface area contributed by atoms with E-state index in [4.69, 9.17) is 0 Å². The van der Waals surface area contributed by atoms with Crippen molar-refractivity contribution in [2.45, 2.75) is 33.7 Å². The van der Waals surface area contributed by atoms with E-state index in [2.05, 4.69) is 26.1 Å². The molecule has 4 nitrogen and oxygen atoms in total. The number of anilines is 1. The second-order valence-corrected chi connectivity index (χ2v) is 8.94. The molecule has 4 aromatic rings.